The largest absolute Gasteiger partial charge is 0.464 e. The third kappa shape index (κ3) is 10.1. The third-order valence-corrected chi connectivity index (χ3v) is 13.9. The Morgan fingerprint density at radius 1 is 1.12 bits per heavy atom. The number of hydrogen-bond acceptors (Lipinski definition) is 12. The van der Waals surface area contributed by atoms with E-state index in [-0.39, 0.29) is 43.1 Å². The number of piperazine rings is 1. The summed E-state index contributed by atoms with van der Waals surface area (Å²) in [5, 5.41) is 7.47. The van der Waals surface area contributed by atoms with Gasteiger partial charge in [0.15, 0.2) is 0 Å². The number of carbonyl (C=O) groups is 3. The zero-order valence-electron chi connectivity index (χ0n) is 37.4. The van der Waals surface area contributed by atoms with Crippen LogP contribution in [0.5, 0.6) is 0 Å². The van der Waals surface area contributed by atoms with Crippen LogP contribution in [0.2, 0.25) is 0 Å². The van der Waals surface area contributed by atoms with Crippen molar-refractivity contribution in [3.63, 3.8) is 0 Å². The van der Waals surface area contributed by atoms with Gasteiger partial charge in [-0.15, -0.1) is 11.3 Å². The van der Waals surface area contributed by atoms with Gasteiger partial charge in [0.1, 0.15) is 18.6 Å². The molecule has 1 aliphatic carbocycles. The second-order valence-electron chi connectivity index (χ2n) is 18.6. The first kappa shape index (κ1) is 45.9. The molecule has 6 bridgehead atoms. The van der Waals surface area contributed by atoms with Crippen LogP contribution in [-0.2, 0) is 48.0 Å². The summed E-state index contributed by atoms with van der Waals surface area (Å²) in [6.07, 6.45) is -1.31. The Labute approximate surface area is 375 Å². The number of halogens is 3. The molecule has 3 aromatic heterocycles. The molecule has 2 saturated heterocycles. The average Bonchev–Trinajstić information content (AvgIpc) is 3.72. The van der Waals surface area contributed by atoms with Crippen LogP contribution >= 0.6 is 11.3 Å². The molecule has 3 aliphatic heterocycles. The van der Waals surface area contributed by atoms with Gasteiger partial charge in [0.25, 0.3) is 5.91 Å². The van der Waals surface area contributed by atoms with Crippen molar-refractivity contribution >= 4 is 45.7 Å². The number of ether oxygens (including phenoxy) is 3. The Hall–Kier alpha value is -4.62. The number of cyclic esters (lactones) is 1. The van der Waals surface area contributed by atoms with Crippen LogP contribution in [0.25, 0.3) is 33.4 Å². The fourth-order valence-corrected chi connectivity index (χ4v) is 10.1. The molecule has 4 aromatic rings. The Balaban J connectivity index is 1.27. The number of nitrogens with one attached hydrogen (secondary N) is 2. The molecule has 14 nitrogen and oxygen atoms in total. The van der Waals surface area contributed by atoms with Gasteiger partial charge in [-0.05, 0) is 62.3 Å². The predicted molar refractivity (Wildman–Crippen MR) is 238 cm³/mol. The topological polar surface area (TPSA) is 143 Å². The SMILES string of the molecule is COCCN1CCN(c2cnc([C@H](C)OC)c(-c3c4c5cc(ccc5n3CC(F)(F)F)-c3csc(n3)C[C@H](NC(=O)[C@H]3C[C@@H]3C)C(=O)N3CCC[C@H](N3)C(=O)OCC(C)(C)C4)c2)CC1. The first-order valence-corrected chi connectivity index (χ1v) is 23.1. The molecule has 18 heteroatoms. The summed E-state index contributed by atoms with van der Waals surface area (Å²) < 4.78 is 63.3. The summed E-state index contributed by atoms with van der Waals surface area (Å²) >= 11 is 1.35. The Morgan fingerprint density at radius 3 is 2.59 bits per heavy atom. The number of pyridine rings is 1. The number of benzene rings is 1. The zero-order chi connectivity index (χ0) is 45.5. The lowest BCUT2D eigenvalue weighted by Gasteiger charge is -2.36. The maximum absolute atomic E-state index is 14.9. The molecule has 0 spiro atoms. The van der Waals surface area contributed by atoms with Crippen molar-refractivity contribution in [1.29, 1.82) is 0 Å². The van der Waals surface area contributed by atoms with E-state index in [2.05, 4.69) is 20.5 Å². The molecule has 6 heterocycles. The highest BCUT2D eigenvalue weighted by atomic mass is 32.1. The minimum atomic E-state index is -4.59. The van der Waals surface area contributed by atoms with Crippen LogP contribution < -0.4 is 15.6 Å². The van der Waals surface area contributed by atoms with Gasteiger partial charge in [-0.3, -0.25) is 29.3 Å². The van der Waals surface area contributed by atoms with Gasteiger partial charge in [-0.1, -0.05) is 26.8 Å². The summed E-state index contributed by atoms with van der Waals surface area (Å²) in [6.45, 7) is 11.1. The zero-order valence-corrected chi connectivity index (χ0v) is 38.2. The van der Waals surface area contributed by atoms with Crippen molar-refractivity contribution in [3.05, 3.63) is 52.1 Å². The summed E-state index contributed by atoms with van der Waals surface area (Å²) in [6, 6.07) is 5.57. The van der Waals surface area contributed by atoms with Gasteiger partial charge in [-0.2, -0.15) is 13.2 Å². The fraction of sp³-hybridized carbons (Fsp3) is 0.587. The third-order valence-electron chi connectivity index (χ3n) is 13.0. The number of amides is 2. The first-order valence-electron chi connectivity index (χ1n) is 22.2. The number of thiazole rings is 1. The smallest absolute Gasteiger partial charge is 0.406 e. The van der Waals surface area contributed by atoms with Crippen molar-refractivity contribution < 1.29 is 41.8 Å². The number of carbonyl (C=O) groups excluding carboxylic acids is 3. The molecular weight excluding hydrogens is 850 g/mol. The van der Waals surface area contributed by atoms with E-state index in [1.165, 1.54) is 20.9 Å². The standard InChI is InChI=1S/C46H59F3N8O6S/c1-27-18-31(27)42(58)52-36-21-39-51-37(24-64-39)29-9-10-38-32(19-29)34(22-45(3,4)26-63-44(60)35-8-7-11-57(53-35)43(36)59)41(56(38)25-46(47,48)49)33-20-30(23-50-40(33)28(2)62-6)55-14-12-54(13-15-55)16-17-61-5/h9-10,19-20,23-24,27-28,31,35-36,53H,7-8,11-18,21-22,25-26H2,1-6H3,(H,52,58)/t27-,28-,31-,35-,36-/m0/s1. The van der Waals surface area contributed by atoms with Crippen molar-refractivity contribution in [2.24, 2.45) is 17.3 Å². The molecular formula is C46H59F3N8O6S. The molecule has 2 amide bonds. The molecule has 64 heavy (non-hydrogen) atoms. The molecule has 346 valence electrons. The predicted octanol–water partition coefficient (Wildman–Crippen LogP) is 6.17. The van der Waals surface area contributed by atoms with Crippen LogP contribution in [0.1, 0.15) is 69.3 Å². The minimum absolute atomic E-state index is 0.0519. The second-order valence-corrected chi connectivity index (χ2v) is 19.5. The van der Waals surface area contributed by atoms with Crippen molar-refractivity contribution in [1.82, 2.24) is 35.2 Å². The van der Waals surface area contributed by atoms with Crippen LogP contribution in [-0.4, -0.2) is 127 Å². The summed E-state index contributed by atoms with van der Waals surface area (Å²) in [7, 11) is 3.24. The van der Waals surface area contributed by atoms with Crippen molar-refractivity contribution in [2.45, 2.75) is 90.7 Å². The molecule has 5 atom stereocenters. The number of methoxy groups -OCH3 is 2. The maximum Gasteiger partial charge on any atom is 0.406 e. The van der Waals surface area contributed by atoms with E-state index in [4.69, 9.17) is 24.2 Å². The number of hydrogen-bond donors (Lipinski definition) is 2. The van der Waals surface area contributed by atoms with E-state index in [0.29, 0.717) is 88.8 Å². The molecule has 0 unspecified atom stereocenters. The van der Waals surface area contributed by atoms with Gasteiger partial charge in [0, 0.05) is 98.7 Å². The number of aromatic nitrogens is 3. The highest BCUT2D eigenvalue weighted by Gasteiger charge is 2.42. The minimum Gasteiger partial charge on any atom is -0.464 e. The lowest BCUT2D eigenvalue weighted by Crippen LogP contribution is -2.60. The quantitative estimate of drug-likeness (QED) is 0.177. The number of anilines is 1. The summed E-state index contributed by atoms with van der Waals surface area (Å²) in [5.74, 6) is -1.04. The average molecular weight is 909 g/mol. The number of nitrogens with zero attached hydrogens (tertiary/aromatic N) is 6. The lowest BCUT2D eigenvalue weighted by atomic mass is 9.84. The highest BCUT2D eigenvalue weighted by Crippen LogP contribution is 2.44. The van der Waals surface area contributed by atoms with E-state index in [1.54, 1.807) is 32.5 Å². The maximum atomic E-state index is 14.9. The summed E-state index contributed by atoms with van der Waals surface area (Å²) in [5.41, 5.74) is 6.80. The van der Waals surface area contributed by atoms with E-state index in [9.17, 15) is 27.6 Å². The number of esters is 1. The Bertz CT molecular complexity index is 2360. The lowest BCUT2D eigenvalue weighted by molar-refractivity contribution is -0.155. The van der Waals surface area contributed by atoms with Gasteiger partial charge >= 0.3 is 12.1 Å². The van der Waals surface area contributed by atoms with Crippen molar-refractivity contribution in [3.8, 4) is 22.5 Å². The van der Waals surface area contributed by atoms with E-state index >= 15 is 0 Å². The highest BCUT2D eigenvalue weighted by molar-refractivity contribution is 7.10. The van der Waals surface area contributed by atoms with Crippen LogP contribution in [0, 0.1) is 17.3 Å². The van der Waals surface area contributed by atoms with Gasteiger partial charge in [0.2, 0.25) is 5.91 Å². The van der Waals surface area contributed by atoms with Gasteiger partial charge in [-0.25, -0.2) is 10.4 Å². The van der Waals surface area contributed by atoms with E-state index in [1.807, 2.05) is 45.2 Å². The van der Waals surface area contributed by atoms with Crippen LogP contribution in [0.3, 0.4) is 0 Å². The molecule has 1 aromatic carbocycles. The van der Waals surface area contributed by atoms with E-state index < -0.39 is 42.3 Å². The molecule has 1 saturated carbocycles. The van der Waals surface area contributed by atoms with Gasteiger partial charge in [0.05, 0.1) is 53.3 Å². The van der Waals surface area contributed by atoms with Gasteiger partial charge < -0.3 is 29.0 Å². The fourth-order valence-electron chi connectivity index (χ4n) is 9.20. The molecule has 2 N–H and O–H groups in total. The summed E-state index contributed by atoms with van der Waals surface area (Å²) in [4.78, 5) is 55.6. The number of fused-ring (bicyclic) bond motifs is 6. The second kappa shape index (κ2) is 18.7. The Morgan fingerprint density at radius 2 is 1.89 bits per heavy atom. The first-order chi connectivity index (χ1) is 30.5. The number of rotatable bonds is 10. The molecule has 4 aliphatic rings. The monoisotopic (exact) mass is 908 g/mol. The van der Waals surface area contributed by atoms with Crippen LogP contribution in [0.15, 0.2) is 35.8 Å². The van der Waals surface area contributed by atoms with Crippen molar-refractivity contribution in [2.75, 3.05) is 71.6 Å². The normalized spacial score (nSPS) is 23.8. The molecule has 8 rings (SSSR count). The number of alkyl halides is 3. The van der Waals surface area contributed by atoms with Crippen LogP contribution in [0.4, 0.5) is 18.9 Å². The molecule has 3 fully saturated rings. The number of hydrazine groups is 1. The Kier molecular flexibility index (Phi) is 13.4. The molecule has 0 radical (unpaired) electrons. The van der Waals surface area contributed by atoms with E-state index in [0.717, 1.165) is 31.7 Å².